The SMILES string of the molecule is CC(C)NC(=O)/C(C#N)=C\NCC1COc2ccccc2O1. The van der Waals surface area contributed by atoms with E-state index in [2.05, 4.69) is 10.6 Å². The smallest absolute Gasteiger partial charge is 0.263 e. The Morgan fingerprint density at radius 1 is 1.45 bits per heavy atom. The van der Waals surface area contributed by atoms with E-state index in [0.29, 0.717) is 18.9 Å². The van der Waals surface area contributed by atoms with E-state index >= 15 is 0 Å². The van der Waals surface area contributed by atoms with Crippen molar-refractivity contribution in [3.8, 4) is 17.6 Å². The van der Waals surface area contributed by atoms with Crippen LogP contribution >= 0.6 is 0 Å². The predicted octanol–water partition coefficient (Wildman–Crippen LogP) is 1.35. The van der Waals surface area contributed by atoms with Crippen LogP contribution in [0.3, 0.4) is 0 Å². The lowest BCUT2D eigenvalue weighted by molar-refractivity contribution is -0.117. The van der Waals surface area contributed by atoms with Crippen molar-refractivity contribution in [2.75, 3.05) is 13.2 Å². The van der Waals surface area contributed by atoms with Crippen LogP contribution in [0.1, 0.15) is 13.8 Å². The topological polar surface area (TPSA) is 83.4 Å². The van der Waals surface area contributed by atoms with E-state index in [1.54, 1.807) is 0 Å². The van der Waals surface area contributed by atoms with Crippen LogP contribution in [-0.4, -0.2) is 31.2 Å². The molecule has 0 saturated carbocycles. The van der Waals surface area contributed by atoms with Crippen molar-refractivity contribution >= 4 is 5.91 Å². The summed E-state index contributed by atoms with van der Waals surface area (Å²) < 4.78 is 11.4. The molecule has 1 aromatic rings. The number of amides is 1. The zero-order chi connectivity index (χ0) is 15.9. The fourth-order valence-corrected chi connectivity index (χ4v) is 1.94. The molecule has 0 saturated heterocycles. The number of nitriles is 1. The standard InChI is InChI=1S/C16H19N3O3/c1-11(2)19-16(20)12(7-17)8-18-9-13-10-21-14-5-3-4-6-15(14)22-13/h3-6,8,11,13,18H,9-10H2,1-2H3,(H,19,20)/b12-8-. The molecular formula is C16H19N3O3. The predicted molar refractivity (Wildman–Crippen MR) is 81.3 cm³/mol. The van der Waals surface area contributed by atoms with Gasteiger partial charge in [-0.05, 0) is 26.0 Å². The molecule has 1 unspecified atom stereocenters. The quantitative estimate of drug-likeness (QED) is 0.633. The van der Waals surface area contributed by atoms with Crippen LogP contribution in [0.25, 0.3) is 0 Å². The third-order valence-electron chi connectivity index (χ3n) is 2.94. The van der Waals surface area contributed by atoms with E-state index < -0.39 is 5.91 Å². The molecule has 1 aliphatic heterocycles. The number of carbonyl (C=O) groups excluding carboxylic acids is 1. The molecule has 0 bridgehead atoms. The van der Waals surface area contributed by atoms with Crippen LogP contribution in [0.15, 0.2) is 36.0 Å². The Labute approximate surface area is 129 Å². The Hall–Kier alpha value is -2.68. The Morgan fingerprint density at radius 3 is 2.86 bits per heavy atom. The summed E-state index contributed by atoms with van der Waals surface area (Å²) >= 11 is 0. The number of hydrogen-bond donors (Lipinski definition) is 2. The maximum absolute atomic E-state index is 11.7. The summed E-state index contributed by atoms with van der Waals surface area (Å²) in [7, 11) is 0. The Kier molecular flexibility index (Phi) is 5.26. The lowest BCUT2D eigenvalue weighted by Gasteiger charge is -2.26. The normalized spacial score (nSPS) is 16.8. The highest BCUT2D eigenvalue weighted by atomic mass is 16.6. The van der Waals surface area contributed by atoms with Crippen LogP contribution in [-0.2, 0) is 4.79 Å². The first-order valence-electron chi connectivity index (χ1n) is 7.13. The van der Waals surface area contributed by atoms with Gasteiger partial charge in [-0.15, -0.1) is 0 Å². The van der Waals surface area contributed by atoms with Crippen molar-refractivity contribution in [3.05, 3.63) is 36.0 Å². The van der Waals surface area contributed by atoms with Gasteiger partial charge in [-0.1, -0.05) is 12.1 Å². The Morgan fingerprint density at radius 2 is 2.18 bits per heavy atom. The molecular weight excluding hydrogens is 282 g/mol. The van der Waals surface area contributed by atoms with Gasteiger partial charge in [0.1, 0.15) is 24.4 Å². The average Bonchev–Trinajstić information content (AvgIpc) is 2.50. The van der Waals surface area contributed by atoms with Crippen molar-refractivity contribution in [1.29, 1.82) is 5.26 Å². The van der Waals surface area contributed by atoms with Crippen LogP contribution in [0, 0.1) is 11.3 Å². The molecule has 0 spiro atoms. The van der Waals surface area contributed by atoms with Gasteiger partial charge in [0.15, 0.2) is 11.5 Å². The second-order valence-electron chi connectivity index (χ2n) is 5.20. The van der Waals surface area contributed by atoms with Gasteiger partial charge < -0.3 is 20.1 Å². The molecule has 0 radical (unpaired) electrons. The van der Waals surface area contributed by atoms with E-state index in [4.69, 9.17) is 14.7 Å². The summed E-state index contributed by atoms with van der Waals surface area (Å²) in [6.45, 7) is 4.53. The number of nitrogens with one attached hydrogen (secondary N) is 2. The fourth-order valence-electron chi connectivity index (χ4n) is 1.94. The highest BCUT2D eigenvalue weighted by molar-refractivity contribution is 5.97. The molecule has 6 nitrogen and oxygen atoms in total. The molecule has 6 heteroatoms. The summed E-state index contributed by atoms with van der Waals surface area (Å²) in [5.41, 5.74) is 0.0332. The van der Waals surface area contributed by atoms with Crippen molar-refractivity contribution in [1.82, 2.24) is 10.6 Å². The van der Waals surface area contributed by atoms with Gasteiger partial charge in [-0.3, -0.25) is 4.79 Å². The van der Waals surface area contributed by atoms with Crippen LogP contribution in [0.5, 0.6) is 11.5 Å². The minimum absolute atomic E-state index is 0.0178. The molecule has 2 N–H and O–H groups in total. The van der Waals surface area contributed by atoms with Crippen molar-refractivity contribution < 1.29 is 14.3 Å². The summed E-state index contributed by atoms with van der Waals surface area (Å²) in [6, 6.07) is 9.31. The first-order chi connectivity index (χ1) is 10.6. The van der Waals surface area contributed by atoms with E-state index in [-0.39, 0.29) is 17.7 Å². The van der Waals surface area contributed by atoms with Crippen LogP contribution in [0.4, 0.5) is 0 Å². The van der Waals surface area contributed by atoms with Gasteiger partial charge in [-0.2, -0.15) is 5.26 Å². The molecule has 1 heterocycles. The summed E-state index contributed by atoms with van der Waals surface area (Å²) in [5, 5.41) is 14.6. The number of carbonyl (C=O) groups is 1. The van der Waals surface area contributed by atoms with Crippen molar-refractivity contribution in [2.24, 2.45) is 0 Å². The van der Waals surface area contributed by atoms with E-state index in [9.17, 15) is 4.79 Å². The van der Waals surface area contributed by atoms with Gasteiger partial charge in [0.05, 0.1) is 6.54 Å². The Bertz CT molecular complexity index is 605. The zero-order valence-corrected chi connectivity index (χ0v) is 12.6. The van der Waals surface area contributed by atoms with Gasteiger partial charge in [0.2, 0.25) is 0 Å². The summed E-state index contributed by atoms with van der Waals surface area (Å²) in [5.74, 6) is 1.03. The molecule has 0 fully saturated rings. The average molecular weight is 301 g/mol. The number of benzene rings is 1. The summed E-state index contributed by atoms with van der Waals surface area (Å²) in [4.78, 5) is 11.7. The van der Waals surface area contributed by atoms with Gasteiger partial charge in [-0.25, -0.2) is 0 Å². The van der Waals surface area contributed by atoms with Gasteiger partial charge >= 0.3 is 0 Å². The molecule has 1 amide bonds. The molecule has 0 aliphatic carbocycles. The maximum atomic E-state index is 11.7. The van der Waals surface area contributed by atoms with Crippen LogP contribution < -0.4 is 20.1 Å². The maximum Gasteiger partial charge on any atom is 0.263 e. The molecule has 1 aromatic carbocycles. The molecule has 22 heavy (non-hydrogen) atoms. The lowest BCUT2D eigenvalue weighted by atomic mass is 10.2. The van der Waals surface area contributed by atoms with E-state index in [1.807, 2.05) is 44.2 Å². The van der Waals surface area contributed by atoms with E-state index in [1.165, 1.54) is 6.20 Å². The highest BCUT2D eigenvalue weighted by Gasteiger charge is 2.20. The third kappa shape index (κ3) is 4.16. The van der Waals surface area contributed by atoms with Crippen molar-refractivity contribution in [2.45, 2.75) is 26.0 Å². The number of para-hydroxylation sites is 2. The summed E-state index contributed by atoms with van der Waals surface area (Å²) in [6.07, 6.45) is 1.22. The minimum atomic E-state index is -0.392. The molecule has 1 aliphatic rings. The van der Waals surface area contributed by atoms with Crippen molar-refractivity contribution in [3.63, 3.8) is 0 Å². The largest absolute Gasteiger partial charge is 0.486 e. The third-order valence-corrected chi connectivity index (χ3v) is 2.94. The first-order valence-corrected chi connectivity index (χ1v) is 7.13. The number of nitrogens with zero attached hydrogens (tertiary/aromatic N) is 1. The number of ether oxygens (including phenoxy) is 2. The second-order valence-corrected chi connectivity index (χ2v) is 5.20. The fraction of sp³-hybridized carbons (Fsp3) is 0.375. The first kappa shape index (κ1) is 15.7. The van der Waals surface area contributed by atoms with Gasteiger partial charge in [0, 0.05) is 12.2 Å². The zero-order valence-electron chi connectivity index (χ0n) is 12.6. The Balaban J connectivity index is 1.87. The van der Waals surface area contributed by atoms with Crippen LogP contribution in [0.2, 0.25) is 0 Å². The van der Waals surface area contributed by atoms with Gasteiger partial charge in [0.25, 0.3) is 5.91 Å². The number of fused-ring (bicyclic) bond motifs is 1. The minimum Gasteiger partial charge on any atom is -0.486 e. The monoisotopic (exact) mass is 301 g/mol. The molecule has 116 valence electrons. The van der Waals surface area contributed by atoms with E-state index in [0.717, 1.165) is 5.75 Å². The highest BCUT2D eigenvalue weighted by Crippen LogP contribution is 2.30. The number of rotatable bonds is 5. The molecule has 1 atom stereocenters. The number of hydrogen-bond acceptors (Lipinski definition) is 5. The lowest BCUT2D eigenvalue weighted by Crippen LogP contribution is -2.37. The second kappa shape index (κ2) is 7.36. The molecule has 0 aromatic heterocycles. The molecule has 2 rings (SSSR count).